The maximum absolute atomic E-state index is 12.9. The van der Waals surface area contributed by atoms with Gasteiger partial charge in [-0.05, 0) is 28.0 Å². The van der Waals surface area contributed by atoms with Gasteiger partial charge in [-0.15, -0.1) is 0 Å². The molecule has 0 aliphatic heterocycles. The minimum absolute atomic E-state index is 0.0191. The Bertz CT molecular complexity index is 569. The third kappa shape index (κ3) is 2.73. The van der Waals surface area contributed by atoms with E-state index < -0.39 is 0 Å². The van der Waals surface area contributed by atoms with Gasteiger partial charge in [0.2, 0.25) is 0 Å². The zero-order valence-corrected chi connectivity index (χ0v) is 9.21. The van der Waals surface area contributed by atoms with Crippen LogP contribution < -0.4 is 11.5 Å². The Morgan fingerprint density at radius 3 is 2.94 bits per heavy atom. The average Bonchev–Trinajstić information content (AvgIpc) is 2.75. The first-order chi connectivity index (χ1) is 8.66. The van der Waals surface area contributed by atoms with Crippen LogP contribution in [0.4, 0.5) is 10.2 Å². The number of anilines is 1. The minimum Gasteiger partial charge on any atom is -0.389 e. The predicted octanol–water partition coefficient (Wildman–Crippen LogP) is 0.628. The summed E-state index contributed by atoms with van der Waals surface area (Å²) in [6, 6.07) is 5.93. The summed E-state index contributed by atoms with van der Waals surface area (Å²) in [5.41, 5.74) is 11.7. The van der Waals surface area contributed by atoms with Crippen LogP contribution in [0.1, 0.15) is 11.3 Å². The lowest BCUT2D eigenvalue weighted by Gasteiger charge is -2.00. The highest BCUT2D eigenvalue weighted by molar-refractivity contribution is 5.98. The van der Waals surface area contributed by atoms with Gasteiger partial charge in [0.1, 0.15) is 12.4 Å². The molecule has 0 fully saturated rings. The van der Waals surface area contributed by atoms with Crippen LogP contribution in [-0.2, 0) is 11.4 Å². The Morgan fingerprint density at radius 1 is 1.44 bits per heavy atom. The number of amidine groups is 1. The lowest BCUT2D eigenvalue weighted by Crippen LogP contribution is -2.16. The van der Waals surface area contributed by atoms with Crippen LogP contribution in [-0.4, -0.2) is 16.1 Å². The Labute approximate surface area is 101 Å². The van der Waals surface area contributed by atoms with Crippen LogP contribution in [0.25, 0.3) is 0 Å². The van der Waals surface area contributed by atoms with Gasteiger partial charge in [0.15, 0.2) is 17.3 Å². The van der Waals surface area contributed by atoms with Crippen molar-refractivity contribution in [1.82, 2.24) is 10.3 Å². The summed E-state index contributed by atoms with van der Waals surface area (Å²) in [6.07, 6.45) is 0. The fourth-order valence-corrected chi connectivity index (χ4v) is 1.22. The van der Waals surface area contributed by atoms with Crippen molar-refractivity contribution in [3.8, 4) is 0 Å². The summed E-state index contributed by atoms with van der Waals surface area (Å²) in [7, 11) is 0. The molecule has 94 valence electrons. The van der Waals surface area contributed by atoms with Crippen LogP contribution in [0.2, 0.25) is 0 Å². The van der Waals surface area contributed by atoms with Gasteiger partial charge in [0.25, 0.3) is 0 Å². The summed E-state index contributed by atoms with van der Waals surface area (Å²) in [5.74, 6) is -0.395. The molecule has 1 aromatic carbocycles. The van der Waals surface area contributed by atoms with E-state index in [0.29, 0.717) is 5.56 Å². The molecule has 18 heavy (non-hydrogen) atoms. The molecule has 0 aliphatic rings. The minimum atomic E-state index is -0.349. The maximum atomic E-state index is 12.9. The standard InChI is InChI=1S/C10H10FN5O2/c11-7-3-1-2-6(4-7)5-17-15-9(12)8-10(13)16-18-14-8/h1-4H,5H2,(H2,12,15)(H2,13,16). The van der Waals surface area contributed by atoms with Crippen molar-refractivity contribution in [3.63, 3.8) is 0 Å². The Kier molecular flexibility index (Phi) is 3.37. The molecule has 7 nitrogen and oxygen atoms in total. The summed E-state index contributed by atoms with van der Waals surface area (Å²) < 4.78 is 17.2. The molecule has 0 saturated carbocycles. The van der Waals surface area contributed by atoms with Crippen LogP contribution in [0, 0.1) is 5.82 Å². The summed E-state index contributed by atoms with van der Waals surface area (Å²) in [6.45, 7) is 0.0731. The Balaban J connectivity index is 1.98. The molecule has 0 unspecified atom stereocenters. The van der Waals surface area contributed by atoms with E-state index >= 15 is 0 Å². The first-order valence-corrected chi connectivity index (χ1v) is 4.95. The molecular weight excluding hydrogens is 241 g/mol. The second-order valence-electron chi connectivity index (χ2n) is 3.38. The van der Waals surface area contributed by atoms with E-state index in [-0.39, 0.29) is 29.8 Å². The summed E-state index contributed by atoms with van der Waals surface area (Å²) >= 11 is 0. The van der Waals surface area contributed by atoms with Gasteiger partial charge in [0.05, 0.1) is 0 Å². The summed E-state index contributed by atoms with van der Waals surface area (Å²) in [5, 5.41) is 10.4. The van der Waals surface area contributed by atoms with E-state index in [4.69, 9.17) is 16.3 Å². The second-order valence-corrected chi connectivity index (χ2v) is 3.38. The number of oxime groups is 1. The highest BCUT2D eigenvalue weighted by Crippen LogP contribution is 2.06. The van der Waals surface area contributed by atoms with Gasteiger partial charge in [-0.1, -0.05) is 17.3 Å². The number of aromatic nitrogens is 2. The van der Waals surface area contributed by atoms with Gasteiger partial charge in [-0.25, -0.2) is 9.02 Å². The number of nitrogens with two attached hydrogens (primary N) is 2. The van der Waals surface area contributed by atoms with E-state index in [1.165, 1.54) is 12.1 Å². The van der Waals surface area contributed by atoms with Crippen molar-refractivity contribution >= 4 is 11.7 Å². The molecule has 1 aromatic heterocycles. The highest BCUT2D eigenvalue weighted by Gasteiger charge is 2.10. The van der Waals surface area contributed by atoms with Gasteiger partial charge >= 0.3 is 0 Å². The number of hydrogen-bond donors (Lipinski definition) is 2. The molecule has 2 aromatic rings. The number of halogens is 1. The van der Waals surface area contributed by atoms with E-state index in [1.807, 2.05) is 0 Å². The third-order valence-electron chi connectivity index (χ3n) is 2.04. The topological polar surface area (TPSA) is 113 Å². The van der Waals surface area contributed by atoms with E-state index in [1.54, 1.807) is 12.1 Å². The molecule has 4 N–H and O–H groups in total. The van der Waals surface area contributed by atoms with Crippen LogP contribution in [0.15, 0.2) is 34.1 Å². The van der Waals surface area contributed by atoms with Gasteiger partial charge in [0, 0.05) is 0 Å². The number of hydrogen-bond acceptors (Lipinski definition) is 6. The molecular formula is C10H10FN5O2. The fourth-order valence-electron chi connectivity index (χ4n) is 1.22. The first kappa shape index (κ1) is 11.8. The van der Waals surface area contributed by atoms with Gasteiger partial charge in [-0.2, -0.15) is 0 Å². The number of benzene rings is 1. The Hall–Kier alpha value is -2.64. The van der Waals surface area contributed by atoms with Crippen molar-refractivity contribution < 1.29 is 13.9 Å². The lowest BCUT2D eigenvalue weighted by molar-refractivity contribution is 0.130. The van der Waals surface area contributed by atoms with Crippen molar-refractivity contribution in [2.45, 2.75) is 6.61 Å². The second kappa shape index (κ2) is 5.13. The average molecular weight is 251 g/mol. The smallest absolute Gasteiger partial charge is 0.199 e. The van der Waals surface area contributed by atoms with Crippen molar-refractivity contribution in [1.29, 1.82) is 0 Å². The van der Waals surface area contributed by atoms with E-state index in [0.717, 1.165) is 0 Å². The monoisotopic (exact) mass is 251 g/mol. The highest BCUT2D eigenvalue weighted by atomic mass is 19.1. The normalized spacial score (nSPS) is 11.5. The van der Waals surface area contributed by atoms with Crippen molar-refractivity contribution in [2.24, 2.45) is 10.9 Å². The van der Waals surface area contributed by atoms with Crippen LogP contribution >= 0.6 is 0 Å². The number of rotatable bonds is 4. The third-order valence-corrected chi connectivity index (χ3v) is 2.04. The molecule has 0 amide bonds. The molecule has 2 rings (SSSR count). The fraction of sp³-hybridized carbons (Fsp3) is 0.100. The summed E-state index contributed by atoms with van der Waals surface area (Å²) in [4.78, 5) is 4.95. The zero-order valence-electron chi connectivity index (χ0n) is 9.21. The predicted molar refractivity (Wildman–Crippen MR) is 60.6 cm³/mol. The molecule has 1 heterocycles. The quantitative estimate of drug-likeness (QED) is 0.468. The van der Waals surface area contributed by atoms with E-state index in [2.05, 4.69) is 20.1 Å². The van der Waals surface area contributed by atoms with Crippen LogP contribution in [0.5, 0.6) is 0 Å². The zero-order chi connectivity index (χ0) is 13.0. The number of nitrogen functional groups attached to an aromatic ring is 1. The van der Waals surface area contributed by atoms with E-state index in [9.17, 15) is 4.39 Å². The molecule has 0 atom stereocenters. The first-order valence-electron chi connectivity index (χ1n) is 4.95. The SMILES string of the molecule is NC(=NOCc1cccc(F)c1)c1nonc1N. The van der Waals surface area contributed by atoms with Crippen LogP contribution in [0.3, 0.4) is 0 Å². The molecule has 0 saturated heterocycles. The molecule has 0 bridgehead atoms. The molecule has 0 aliphatic carbocycles. The molecule has 8 heteroatoms. The number of nitrogens with zero attached hydrogens (tertiary/aromatic N) is 3. The van der Waals surface area contributed by atoms with Gasteiger partial charge in [-0.3, -0.25) is 0 Å². The molecule has 0 radical (unpaired) electrons. The van der Waals surface area contributed by atoms with Gasteiger partial charge < -0.3 is 16.3 Å². The van der Waals surface area contributed by atoms with Crippen molar-refractivity contribution in [2.75, 3.05) is 5.73 Å². The Morgan fingerprint density at radius 2 is 2.28 bits per heavy atom. The van der Waals surface area contributed by atoms with Crippen molar-refractivity contribution in [3.05, 3.63) is 41.3 Å². The largest absolute Gasteiger partial charge is 0.389 e. The lowest BCUT2D eigenvalue weighted by atomic mass is 10.2. The maximum Gasteiger partial charge on any atom is 0.199 e. The molecule has 0 spiro atoms.